The third-order valence-corrected chi connectivity index (χ3v) is 3.64. The van der Waals surface area contributed by atoms with Crippen LogP contribution >= 0.6 is 0 Å². The molecule has 2 aromatic carbocycles. The number of aliphatic hydroxyl groups is 1. The number of rotatable bonds is 7. The van der Waals surface area contributed by atoms with Crippen molar-refractivity contribution in [1.29, 1.82) is 0 Å². The van der Waals surface area contributed by atoms with Crippen LogP contribution in [0.1, 0.15) is 24.2 Å². The topological polar surface area (TPSA) is 75.6 Å². The number of hydrogen-bond donors (Lipinski definition) is 2. The number of aliphatic hydroxyl groups excluding tert-OH is 1. The minimum Gasteiger partial charge on any atom is -1.00 e. The lowest BCUT2D eigenvalue weighted by molar-refractivity contribution is -0.433. The molecule has 5 nitrogen and oxygen atoms in total. The number of hydrogen-bond acceptors (Lipinski definition) is 4. The van der Waals surface area contributed by atoms with Crippen LogP contribution < -0.4 is 32.4 Å². The number of quaternary nitrogens is 1. The normalized spacial score (nSPS) is 12.7. The quantitative estimate of drug-likeness (QED) is 0.666. The van der Waals surface area contributed by atoms with Gasteiger partial charge in [0.15, 0.2) is 11.5 Å². The lowest BCUT2D eigenvalue weighted by atomic mass is 10.0. The van der Waals surface area contributed by atoms with Crippen LogP contribution in [0.15, 0.2) is 42.5 Å². The third-order valence-electron chi connectivity index (χ3n) is 3.64. The number of ether oxygens (including phenoxy) is 3. The fraction of sp³-hybridized carbons (Fsp3) is 0.333. The maximum Gasteiger partial charge on any atom is 0.167 e. The molecule has 2 aromatic rings. The Hall–Kier alpha value is -1.95. The van der Waals surface area contributed by atoms with E-state index in [4.69, 9.17) is 14.2 Å². The van der Waals surface area contributed by atoms with Gasteiger partial charge in [-0.25, -0.2) is 0 Å². The second kappa shape index (κ2) is 9.37. The van der Waals surface area contributed by atoms with Gasteiger partial charge in [-0.3, -0.25) is 0 Å². The van der Waals surface area contributed by atoms with Crippen LogP contribution in [-0.4, -0.2) is 25.4 Å². The van der Waals surface area contributed by atoms with E-state index in [1.807, 2.05) is 49.4 Å². The number of benzene rings is 2. The Morgan fingerprint density at radius 1 is 1.04 bits per heavy atom. The Kier molecular flexibility index (Phi) is 7.85. The number of methoxy groups -OCH3 is 2. The molecule has 0 aliphatic carbocycles. The van der Waals surface area contributed by atoms with E-state index in [0.717, 1.165) is 16.9 Å². The molecule has 2 unspecified atom stereocenters. The smallest absolute Gasteiger partial charge is 0.167 e. The Bertz CT molecular complexity index is 631. The van der Waals surface area contributed by atoms with E-state index in [-0.39, 0.29) is 18.4 Å². The molecule has 0 aromatic heterocycles. The largest absolute Gasteiger partial charge is 1.00 e. The first-order valence-electron chi connectivity index (χ1n) is 7.50. The van der Waals surface area contributed by atoms with Gasteiger partial charge in [-0.15, -0.1) is 0 Å². The van der Waals surface area contributed by atoms with Gasteiger partial charge in [-0.2, -0.15) is 0 Å². The molecule has 0 fully saturated rings. The minimum atomic E-state index is -0.567. The van der Waals surface area contributed by atoms with Crippen molar-refractivity contribution in [2.75, 3.05) is 14.2 Å². The monoisotopic (exact) mass is 353 g/mol. The lowest BCUT2D eigenvalue weighted by Gasteiger charge is -2.15. The summed E-state index contributed by atoms with van der Waals surface area (Å²) < 4.78 is 16.5. The summed E-state index contributed by atoms with van der Waals surface area (Å²) in [6.07, 6.45) is -0.567. The predicted octanol–water partition coefficient (Wildman–Crippen LogP) is -1.05. The number of halogens is 1. The average Bonchev–Trinajstić information content (AvgIpc) is 2.59. The second-order valence-corrected chi connectivity index (χ2v) is 5.43. The summed E-state index contributed by atoms with van der Waals surface area (Å²) in [7, 11) is 3.22. The van der Waals surface area contributed by atoms with Gasteiger partial charge in [-0.05, 0) is 30.7 Å². The summed E-state index contributed by atoms with van der Waals surface area (Å²) in [4.78, 5) is 0. The molecule has 0 bridgehead atoms. The molecular weight excluding hydrogens is 330 g/mol. The summed E-state index contributed by atoms with van der Waals surface area (Å²) >= 11 is 0. The van der Waals surface area contributed by atoms with Gasteiger partial charge in [-0.1, -0.05) is 24.3 Å². The molecule has 0 saturated carbocycles. The van der Waals surface area contributed by atoms with Crippen molar-refractivity contribution in [1.82, 2.24) is 0 Å². The zero-order valence-corrected chi connectivity index (χ0v) is 14.9. The molecule has 2 atom stereocenters. The molecule has 6 heteroatoms. The fourth-order valence-electron chi connectivity index (χ4n) is 2.32. The van der Waals surface area contributed by atoms with Gasteiger partial charge in [0, 0.05) is 5.56 Å². The summed E-state index contributed by atoms with van der Waals surface area (Å²) in [5.41, 5.74) is 5.58. The highest BCUT2D eigenvalue weighted by Gasteiger charge is 2.15. The highest BCUT2D eigenvalue weighted by molar-refractivity contribution is 5.46. The SMILES string of the molecule is COc1cccc(COc2ccc(C(O)C(C)[NH3+])cc2)c1OC.[Cl-]. The molecule has 0 saturated heterocycles. The van der Waals surface area contributed by atoms with E-state index in [9.17, 15) is 5.11 Å². The molecular formula is C18H24ClNO4. The standard InChI is InChI=1S/C18H23NO4.ClH/c1-12(19)17(20)13-7-9-15(10-8-13)23-11-14-5-4-6-16(21-2)18(14)22-3;/h4-10,12,17,20H,11,19H2,1-3H3;1H. The maximum absolute atomic E-state index is 9.99. The first kappa shape index (κ1) is 20.1. The highest BCUT2D eigenvalue weighted by Crippen LogP contribution is 2.31. The van der Waals surface area contributed by atoms with Crippen molar-refractivity contribution in [3.8, 4) is 17.2 Å². The van der Waals surface area contributed by atoms with E-state index < -0.39 is 6.10 Å². The Morgan fingerprint density at radius 2 is 1.71 bits per heavy atom. The van der Waals surface area contributed by atoms with Gasteiger partial charge < -0.3 is 37.5 Å². The van der Waals surface area contributed by atoms with Crippen LogP contribution in [0.3, 0.4) is 0 Å². The van der Waals surface area contributed by atoms with Crippen LogP contribution in [0.4, 0.5) is 0 Å². The van der Waals surface area contributed by atoms with Gasteiger partial charge in [0.2, 0.25) is 0 Å². The molecule has 24 heavy (non-hydrogen) atoms. The van der Waals surface area contributed by atoms with Gasteiger partial charge in [0.05, 0.1) is 14.2 Å². The van der Waals surface area contributed by atoms with E-state index in [1.165, 1.54) is 0 Å². The van der Waals surface area contributed by atoms with E-state index in [1.54, 1.807) is 14.2 Å². The van der Waals surface area contributed by atoms with Crippen LogP contribution in [-0.2, 0) is 6.61 Å². The van der Waals surface area contributed by atoms with Gasteiger partial charge >= 0.3 is 0 Å². The zero-order valence-electron chi connectivity index (χ0n) is 14.2. The average molecular weight is 354 g/mol. The van der Waals surface area contributed by atoms with E-state index in [0.29, 0.717) is 18.1 Å². The van der Waals surface area contributed by atoms with Crippen molar-refractivity contribution in [3.63, 3.8) is 0 Å². The van der Waals surface area contributed by atoms with Crippen LogP contribution in [0, 0.1) is 0 Å². The summed E-state index contributed by atoms with van der Waals surface area (Å²) in [6, 6.07) is 13.0. The fourth-order valence-corrected chi connectivity index (χ4v) is 2.32. The van der Waals surface area contributed by atoms with Crippen LogP contribution in [0.5, 0.6) is 17.2 Å². The zero-order chi connectivity index (χ0) is 16.8. The summed E-state index contributed by atoms with van der Waals surface area (Å²) in [6.45, 7) is 2.25. The maximum atomic E-state index is 9.99. The molecule has 4 N–H and O–H groups in total. The van der Waals surface area contributed by atoms with Gasteiger partial charge in [0.1, 0.15) is 24.5 Å². The highest BCUT2D eigenvalue weighted by atomic mass is 35.5. The molecule has 2 rings (SSSR count). The Balaban J connectivity index is 0.00000288. The van der Waals surface area contributed by atoms with Crippen LogP contribution in [0.25, 0.3) is 0 Å². The summed E-state index contributed by atoms with van der Waals surface area (Å²) in [5, 5.41) is 9.99. The first-order valence-corrected chi connectivity index (χ1v) is 7.50. The second-order valence-electron chi connectivity index (χ2n) is 5.43. The van der Waals surface area contributed by atoms with Crippen molar-refractivity contribution in [2.24, 2.45) is 0 Å². The molecule has 0 heterocycles. The molecule has 0 aliphatic heterocycles. The predicted molar refractivity (Wildman–Crippen MR) is 87.6 cm³/mol. The molecule has 0 radical (unpaired) electrons. The van der Waals surface area contributed by atoms with Crippen molar-refractivity contribution in [2.45, 2.75) is 25.7 Å². The van der Waals surface area contributed by atoms with E-state index in [2.05, 4.69) is 5.73 Å². The lowest BCUT2D eigenvalue weighted by Crippen LogP contribution is -3.00. The molecule has 132 valence electrons. The third kappa shape index (κ3) is 4.77. The van der Waals surface area contributed by atoms with Crippen molar-refractivity contribution >= 4 is 0 Å². The van der Waals surface area contributed by atoms with Gasteiger partial charge in [0.25, 0.3) is 0 Å². The molecule has 0 spiro atoms. The molecule has 0 aliphatic rings. The van der Waals surface area contributed by atoms with Crippen molar-refractivity contribution in [3.05, 3.63) is 53.6 Å². The minimum absolute atomic E-state index is 0. The first-order chi connectivity index (χ1) is 11.1. The van der Waals surface area contributed by atoms with E-state index >= 15 is 0 Å². The van der Waals surface area contributed by atoms with Crippen LogP contribution in [0.2, 0.25) is 0 Å². The van der Waals surface area contributed by atoms with Crippen molar-refractivity contribution < 1.29 is 37.5 Å². The molecule has 0 amide bonds. The number of para-hydroxylation sites is 1. The Labute approximate surface area is 148 Å². The Morgan fingerprint density at radius 3 is 2.25 bits per heavy atom. The summed E-state index contributed by atoms with van der Waals surface area (Å²) in [5.74, 6) is 2.08.